The Bertz CT molecular complexity index is 1340. The van der Waals surface area contributed by atoms with Crippen LogP contribution in [0.25, 0.3) is 23.1 Å². The number of carbonyl (C=O) groups is 2. The van der Waals surface area contributed by atoms with Gasteiger partial charge in [0.1, 0.15) is 23.3 Å². The quantitative estimate of drug-likeness (QED) is 0.426. The summed E-state index contributed by atoms with van der Waals surface area (Å²) in [7, 11) is 1.38. The van der Waals surface area contributed by atoms with E-state index in [1.54, 1.807) is 52.0 Å². The van der Waals surface area contributed by atoms with Gasteiger partial charge in [-0.25, -0.2) is 18.9 Å². The van der Waals surface area contributed by atoms with Crippen molar-refractivity contribution in [1.82, 2.24) is 19.3 Å². The first-order valence-electron chi connectivity index (χ1n) is 9.91. The summed E-state index contributed by atoms with van der Waals surface area (Å²) < 4.78 is 22.0. The lowest BCUT2D eigenvalue weighted by atomic mass is 10.1. The van der Waals surface area contributed by atoms with Gasteiger partial charge in [0.2, 0.25) is 5.91 Å². The minimum Gasteiger partial charge on any atom is -0.495 e. The maximum atomic E-state index is 13.3. The van der Waals surface area contributed by atoms with E-state index in [1.165, 1.54) is 31.6 Å². The van der Waals surface area contributed by atoms with E-state index in [1.807, 2.05) is 0 Å². The van der Waals surface area contributed by atoms with Crippen molar-refractivity contribution >= 4 is 34.9 Å². The van der Waals surface area contributed by atoms with Gasteiger partial charge in [-0.15, -0.1) is 0 Å². The first kappa shape index (κ1) is 21.8. The molecule has 0 bridgehead atoms. The molecule has 1 unspecified atom stereocenters. The molecule has 4 rings (SSSR count). The standard InChI is InChI=1S/C23H20FN5O4/c1-33-22-16(23(31)32)7-9-18-21(22)17(8-4-14-2-5-15(24)6-3-14)27-29(18)20(12-19(25)30)28-11-10-26-13-28/h2-11,13,20H,12H2,1H3,(H2,25,30)(H,31,32). The number of carboxylic acid groups (broad SMARTS) is 1. The summed E-state index contributed by atoms with van der Waals surface area (Å²) in [6, 6.07) is 8.90. The Morgan fingerprint density at radius 2 is 1.97 bits per heavy atom. The molecule has 3 N–H and O–H groups in total. The number of fused-ring (bicyclic) bond motifs is 1. The highest BCUT2D eigenvalue weighted by atomic mass is 19.1. The van der Waals surface area contributed by atoms with Gasteiger partial charge in [-0.3, -0.25) is 4.79 Å². The number of benzene rings is 2. The molecule has 0 aliphatic carbocycles. The summed E-state index contributed by atoms with van der Waals surface area (Å²) in [6.45, 7) is 0. The first-order chi connectivity index (χ1) is 15.9. The number of aromatic carboxylic acids is 1. The number of nitrogens with two attached hydrogens (primary N) is 1. The van der Waals surface area contributed by atoms with Crippen molar-refractivity contribution < 1.29 is 23.8 Å². The molecular weight excluding hydrogens is 429 g/mol. The molecule has 2 heterocycles. The number of hydrogen-bond acceptors (Lipinski definition) is 5. The summed E-state index contributed by atoms with van der Waals surface area (Å²) in [5.41, 5.74) is 7.12. The Hall–Kier alpha value is -4.47. The molecule has 1 amide bonds. The molecule has 2 aromatic heterocycles. The SMILES string of the molecule is COc1c(C(=O)O)ccc2c1c(C=Cc1ccc(F)cc1)nn2C(CC(N)=O)n1ccnc1. The van der Waals surface area contributed by atoms with Crippen molar-refractivity contribution in [3.8, 4) is 5.75 Å². The topological polar surface area (TPSA) is 125 Å². The lowest BCUT2D eigenvalue weighted by molar-refractivity contribution is -0.119. The number of carbonyl (C=O) groups excluding carboxylic acids is 1. The second-order valence-electron chi connectivity index (χ2n) is 7.22. The van der Waals surface area contributed by atoms with E-state index in [-0.39, 0.29) is 23.6 Å². The van der Waals surface area contributed by atoms with E-state index in [0.29, 0.717) is 16.6 Å². The van der Waals surface area contributed by atoms with Crippen molar-refractivity contribution in [2.24, 2.45) is 5.73 Å². The van der Waals surface area contributed by atoms with Gasteiger partial charge in [0.15, 0.2) is 0 Å². The number of imidazole rings is 1. The monoisotopic (exact) mass is 449 g/mol. The fourth-order valence-corrected chi connectivity index (χ4v) is 3.65. The molecule has 168 valence electrons. The number of hydrogen-bond donors (Lipinski definition) is 2. The molecule has 2 aromatic carbocycles. The van der Waals surface area contributed by atoms with Gasteiger partial charge in [-0.1, -0.05) is 18.2 Å². The Labute approximate surface area is 187 Å². The van der Waals surface area contributed by atoms with Crippen LogP contribution in [0.2, 0.25) is 0 Å². The van der Waals surface area contributed by atoms with Crippen LogP contribution in [0.5, 0.6) is 5.75 Å². The molecule has 0 aliphatic rings. The summed E-state index contributed by atoms with van der Waals surface area (Å²) in [5.74, 6) is -1.93. The van der Waals surface area contributed by atoms with Gasteiger partial charge in [0.05, 0.1) is 36.5 Å². The second-order valence-corrected chi connectivity index (χ2v) is 7.22. The molecule has 0 aliphatic heterocycles. The molecule has 0 fully saturated rings. The zero-order valence-corrected chi connectivity index (χ0v) is 17.6. The second kappa shape index (κ2) is 8.95. The number of aromatic nitrogens is 4. The van der Waals surface area contributed by atoms with Crippen molar-refractivity contribution in [2.45, 2.75) is 12.6 Å². The van der Waals surface area contributed by atoms with Gasteiger partial charge >= 0.3 is 5.97 Å². The van der Waals surface area contributed by atoms with Gasteiger partial charge in [-0.05, 0) is 35.9 Å². The number of ether oxygens (including phenoxy) is 1. The van der Waals surface area contributed by atoms with Crippen LogP contribution in [0.3, 0.4) is 0 Å². The predicted octanol–water partition coefficient (Wildman–Crippen LogP) is 3.17. The highest BCUT2D eigenvalue weighted by Gasteiger charge is 2.25. The number of amides is 1. The molecule has 10 heteroatoms. The highest BCUT2D eigenvalue weighted by Crippen LogP contribution is 2.35. The number of primary amides is 1. The maximum Gasteiger partial charge on any atom is 0.339 e. The number of rotatable bonds is 8. The van der Waals surface area contributed by atoms with Crippen LogP contribution in [-0.4, -0.2) is 43.4 Å². The summed E-state index contributed by atoms with van der Waals surface area (Å²) in [4.78, 5) is 27.7. The van der Waals surface area contributed by atoms with Crippen LogP contribution in [0.1, 0.15) is 34.2 Å². The van der Waals surface area contributed by atoms with Gasteiger partial charge in [0, 0.05) is 12.4 Å². The van der Waals surface area contributed by atoms with Crippen LogP contribution in [-0.2, 0) is 4.79 Å². The van der Waals surface area contributed by atoms with Gasteiger partial charge < -0.3 is 20.1 Å². The smallest absolute Gasteiger partial charge is 0.339 e. The van der Waals surface area contributed by atoms with Crippen molar-refractivity contribution in [1.29, 1.82) is 0 Å². The number of halogens is 1. The average Bonchev–Trinajstić information content (AvgIpc) is 3.45. The molecule has 0 saturated carbocycles. The molecule has 1 atom stereocenters. The van der Waals surface area contributed by atoms with E-state index in [9.17, 15) is 19.1 Å². The summed E-state index contributed by atoms with van der Waals surface area (Å²) in [6.07, 6.45) is 7.47. The van der Waals surface area contributed by atoms with Gasteiger partial charge in [-0.2, -0.15) is 5.10 Å². The van der Waals surface area contributed by atoms with Gasteiger partial charge in [0.25, 0.3) is 0 Å². The van der Waals surface area contributed by atoms with E-state index >= 15 is 0 Å². The number of methoxy groups -OCH3 is 1. The zero-order chi connectivity index (χ0) is 23.5. The maximum absolute atomic E-state index is 13.3. The van der Waals surface area contributed by atoms with Crippen LogP contribution in [0, 0.1) is 5.82 Å². The predicted molar refractivity (Wildman–Crippen MR) is 119 cm³/mol. The van der Waals surface area contributed by atoms with E-state index in [2.05, 4.69) is 10.1 Å². The van der Waals surface area contributed by atoms with Crippen molar-refractivity contribution in [3.63, 3.8) is 0 Å². The Balaban J connectivity index is 1.95. The van der Waals surface area contributed by atoms with Crippen molar-refractivity contribution in [2.75, 3.05) is 7.11 Å². The summed E-state index contributed by atoms with van der Waals surface area (Å²) in [5, 5.41) is 14.7. The van der Waals surface area contributed by atoms with E-state index in [4.69, 9.17) is 10.5 Å². The third-order valence-corrected chi connectivity index (χ3v) is 5.13. The third kappa shape index (κ3) is 4.31. The summed E-state index contributed by atoms with van der Waals surface area (Å²) >= 11 is 0. The highest BCUT2D eigenvalue weighted by molar-refractivity contribution is 6.03. The molecular formula is C23H20FN5O4. The normalized spacial score (nSPS) is 12.3. The van der Waals surface area contributed by atoms with Crippen LogP contribution in [0.15, 0.2) is 55.1 Å². The van der Waals surface area contributed by atoms with Crippen molar-refractivity contribution in [3.05, 3.63) is 77.8 Å². The Morgan fingerprint density at radius 1 is 1.21 bits per heavy atom. The van der Waals surface area contributed by atoms with E-state index in [0.717, 1.165) is 5.56 Å². The largest absolute Gasteiger partial charge is 0.495 e. The fourth-order valence-electron chi connectivity index (χ4n) is 3.65. The molecule has 0 spiro atoms. The minimum absolute atomic E-state index is 0.0323. The van der Waals surface area contributed by atoms with Crippen LogP contribution >= 0.6 is 0 Å². The average molecular weight is 449 g/mol. The fraction of sp³-hybridized carbons (Fsp3) is 0.130. The Kier molecular flexibility index (Phi) is 5.90. The van der Waals surface area contributed by atoms with Crippen LogP contribution in [0.4, 0.5) is 4.39 Å². The first-order valence-corrected chi connectivity index (χ1v) is 9.91. The molecule has 9 nitrogen and oxygen atoms in total. The lowest BCUT2D eigenvalue weighted by Gasteiger charge is -2.19. The molecule has 4 aromatic rings. The van der Waals surface area contributed by atoms with Crippen LogP contribution < -0.4 is 10.5 Å². The Morgan fingerprint density at radius 3 is 2.58 bits per heavy atom. The minimum atomic E-state index is -1.15. The molecule has 0 saturated heterocycles. The number of carboxylic acids is 1. The lowest BCUT2D eigenvalue weighted by Crippen LogP contribution is -2.25. The molecule has 33 heavy (non-hydrogen) atoms. The zero-order valence-electron chi connectivity index (χ0n) is 17.6. The number of nitrogens with zero attached hydrogens (tertiary/aromatic N) is 4. The van der Waals surface area contributed by atoms with E-state index < -0.39 is 18.0 Å². The third-order valence-electron chi connectivity index (χ3n) is 5.13. The molecule has 0 radical (unpaired) electrons.